The molecule has 1 aliphatic heterocycles. The first-order valence-electron chi connectivity index (χ1n) is 10.7. The summed E-state index contributed by atoms with van der Waals surface area (Å²) in [5.41, 5.74) is 2.74. The highest BCUT2D eigenvalue weighted by atomic mass is 16.6. The molecule has 0 spiro atoms. The Morgan fingerprint density at radius 3 is 2.75 bits per heavy atom. The third-order valence-electron chi connectivity index (χ3n) is 7.83. The Hall–Kier alpha value is -1.39. The second kappa shape index (κ2) is 7.79. The first-order chi connectivity index (χ1) is 13.1. The lowest BCUT2D eigenvalue weighted by Crippen LogP contribution is -2.52. The lowest BCUT2D eigenvalue weighted by molar-refractivity contribution is -0.153. The maximum atomic E-state index is 11.6. The van der Waals surface area contributed by atoms with E-state index in [2.05, 4.69) is 40.3 Å². The molecule has 2 N–H and O–H groups in total. The second-order valence-corrected chi connectivity index (χ2v) is 9.81. The molecular weight excluding hydrogens is 352 g/mol. The van der Waals surface area contributed by atoms with Crippen LogP contribution in [0.5, 0.6) is 0 Å². The van der Waals surface area contributed by atoms with Crippen LogP contribution in [0.15, 0.2) is 35.5 Å². The summed E-state index contributed by atoms with van der Waals surface area (Å²) >= 11 is 0. The molecule has 156 valence electrons. The van der Waals surface area contributed by atoms with Gasteiger partial charge in [0.2, 0.25) is 6.29 Å². The van der Waals surface area contributed by atoms with E-state index >= 15 is 0 Å². The van der Waals surface area contributed by atoms with E-state index in [4.69, 9.17) is 4.74 Å². The van der Waals surface area contributed by atoms with Gasteiger partial charge in [-0.15, -0.1) is 6.58 Å². The van der Waals surface area contributed by atoms with Crippen LogP contribution in [0.25, 0.3) is 0 Å². The fourth-order valence-corrected chi connectivity index (χ4v) is 5.85. The standard InChI is InChI=1S/C24H36O4/c1-15(2)8-6-12-23(4)13-7-9-19-18(23)11-10-16(3)24(19,5)21(26)17-14-20(25)28-22(17)27/h11,14,16,19,21-22,26-27H,1,6-10,12-13H2,2-5H3/t16-,19-,21?,22?,23-,24+/m1/s1. The van der Waals surface area contributed by atoms with Gasteiger partial charge in [-0.2, -0.15) is 0 Å². The molecule has 3 rings (SSSR count). The summed E-state index contributed by atoms with van der Waals surface area (Å²) in [6.07, 6.45) is 9.07. The van der Waals surface area contributed by atoms with E-state index in [-0.39, 0.29) is 17.3 Å². The van der Waals surface area contributed by atoms with Crippen molar-refractivity contribution in [3.8, 4) is 0 Å². The molecule has 0 aromatic heterocycles. The fourth-order valence-electron chi connectivity index (χ4n) is 5.85. The molecule has 0 amide bonds. The third-order valence-corrected chi connectivity index (χ3v) is 7.83. The molecule has 0 radical (unpaired) electrons. The molecule has 1 saturated carbocycles. The van der Waals surface area contributed by atoms with Crippen molar-refractivity contribution in [1.29, 1.82) is 0 Å². The molecular formula is C24H36O4. The molecule has 28 heavy (non-hydrogen) atoms. The highest BCUT2D eigenvalue weighted by Gasteiger charge is 2.54. The number of carbonyl (C=O) groups is 1. The van der Waals surface area contributed by atoms with Crippen LogP contribution in [0.3, 0.4) is 0 Å². The summed E-state index contributed by atoms with van der Waals surface area (Å²) in [6, 6.07) is 0. The van der Waals surface area contributed by atoms with Crippen molar-refractivity contribution in [2.45, 2.75) is 85.0 Å². The number of esters is 1. The number of rotatable bonds is 6. The van der Waals surface area contributed by atoms with Gasteiger partial charge in [-0.05, 0) is 62.7 Å². The van der Waals surface area contributed by atoms with E-state index in [1.807, 2.05) is 0 Å². The minimum Gasteiger partial charge on any atom is -0.429 e. The van der Waals surface area contributed by atoms with Crippen LogP contribution in [0, 0.1) is 22.7 Å². The van der Waals surface area contributed by atoms with E-state index in [9.17, 15) is 15.0 Å². The van der Waals surface area contributed by atoms with Crippen LogP contribution in [0.1, 0.15) is 72.6 Å². The zero-order valence-corrected chi connectivity index (χ0v) is 17.8. The monoisotopic (exact) mass is 388 g/mol. The van der Waals surface area contributed by atoms with Crippen LogP contribution >= 0.6 is 0 Å². The zero-order valence-electron chi connectivity index (χ0n) is 17.8. The van der Waals surface area contributed by atoms with Gasteiger partial charge in [0.25, 0.3) is 0 Å². The summed E-state index contributed by atoms with van der Waals surface area (Å²) in [7, 11) is 0. The Morgan fingerprint density at radius 1 is 1.43 bits per heavy atom. The van der Waals surface area contributed by atoms with Crippen molar-refractivity contribution in [3.63, 3.8) is 0 Å². The number of allylic oxidation sites excluding steroid dienone is 3. The SMILES string of the molecule is C=C(C)CCC[C@]1(C)CCC[C@@H]2C1=CC[C@@H](C)[C@]2(C)C(O)C1=CC(=O)OC1O. The molecule has 3 aliphatic rings. The number of cyclic esters (lactones) is 1. The van der Waals surface area contributed by atoms with Gasteiger partial charge in [0, 0.05) is 17.1 Å². The number of carbonyl (C=O) groups excluding carboxylic acids is 1. The van der Waals surface area contributed by atoms with E-state index < -0.39 is 23.8 Å². The number of aliphatic hydroxyl groups excluding tert-OH is 2. The lowest BCUT2D eigenvalue weighted by atomic mass is 9.50. The first-order valence-corrected chi connectivity index (χ1v) is 10.7. The molecule has 4 nitrogen and oxygen atoms in total. The van der Waals surface area contributed by atoms with E-state index in [0.29, 0.717) is 5.57 Å². The molecule has 0 aromatic rings. The van der Waals surface area contributed by atoms with Crippen molar-refractivity contribution in [1.82, 2.24) is 0 Å². The van der Waals surface area contributed by atoms with Crippen molar-refractivity contribution >= 4 is 5.97 Å². The summed E-state index contributed by atoms with van der Waals surface area (Å²) in [4.78, 5) is 11.6. The van der Waals surface area contributed by atoms with Crippen molar-refractivity contribution in [2.24, 2.45) is 22.7 Å². The Bertz CT molecular complexity index is 705. The van der Waals surface area contributed by atoms with Crippen molar-refractivity contribution in [2.75, 3.05) is 0 Å². The Balaban J connectivity index is 1.90. The topological polar surface area (TPSA) is 66.8 Å². The molecule has 2 aliphatic carbocycles. The van der Waals surface area contributed by atoms with Gasteiger partial charge in [0.05, 0.1) is 6.10 Å². The van der Waals surface area contributed by atoms with Crippen LogP contribution in [0.2, 0.25) is 0 Å². The van der Waals surface area contributed by atoms with E-state index in [1.165, 1.54) is 23.6 Å². The average Bonchev–Trinajstić information content (AvgIpc) is 2.95. The summed E-state index contributed by atoms with van der Waals surface area (Å²) < 4.78 is 4.86. The Kier molecular flexibility index (Phi) is 5.94. The van der Waals surface area contributed by atoms with Crippen LogP contribution in [-0.2, 0) is 9.53 Å². The van der Waals surface area contributed by atoms with Crippen LogP contribution in [-0.4, -0.2) is 28.6 Å². The highest BCUT2D eigenvalue weighted by molar-refractivity contribution is 5.85. The highest BCUT2D eigenvalue weighted by Crippen LogP contribution is 2.60. The van der Waals surface area contributed by atoms with Gasteiger partial charge in [-0.3, -0.25) is 0 Å². The normalized spacial score (nSPS) is 38.9. The maximum Gasteiger partial charge on any atom is 0.333 e. The lowest BCUT2D eigenvalue weighted by Gasteiger charge is -2.55. The number of aliphatic hydroxyl groups is 2. The zero-order chi connectivity index (χ0) is 20.7. The van der Waals surface area contributed by atoms with Crippen molar-refractivity contribution < 1.29 is 19.7 Å². The molecule has 0 saturated heterocycles. The maximum absolute atomic E-state index is 11.6. The van der Waals surface area contributed by atoms with Crippen molar-refractivity contribution in [3.05, 3.63) is 35.5 Å². The largest absolute Gasteiger partial charge is 0.429 e. The van der Waals surface area contributed by atoms with Gasteiger partial charge in [-0.1, -0.05) is 44.4 Å². The van der Waals surface area contributed by atoms with E-state index in [0.717, 1.165) is 38.5 Å². The predicted octanol–water partition coefficient (Wildman–Crippen LogP) is 4.67. The molecule has 4 heteroatoms. The van der Waals surface area contributed by atoms with Gasteiger partial charge in [0.1, 0.15) is 0 Å². The summed E-state index contributed by atoms with van der Waals surface area (Å²) in [5, 5.41) is 21.5. The molecule has 2 unspecified atom stereocenters. The minimum atomic E-state index is -1.33. The van der Waals surface area contributed by atoms with Crippen LogP contribution in [0.4, 0.5) is 0 Å². The Labute approximate surface area is 169 Å². The second-order valence-electron chi connectivity index (χ2n) is 9.81. The van der Waals surface area contributed by atoms with Gasteiger partial charge in [0.15, 0.2) is 0 Å². The minimum absolute atomic E-state index is 0.147. The number of hydrogen-bond acceptors (Lipinski definition) is 4. The Morgan fingerprint density at radius 2 is 2.14 bits per heavy atom. The van der Waals surface area contributed by atoms with E-state index in [1.54, 1.807) is 0 Å². The fraction of sp³-hybridized carbons (Fsp3) is 0.708. The summed E-state index contributed by atoms with van der Waals surface area (Å²) in [5.74, 6) is -0.0749. The quantitative estimate of drug-likeness (QED) is 0.512. The molecule has 6 atom stereocenters. The van der Waals surface area contributed by atoms with Gasteiger partial charge >= 0.3 is 5.97 Å². The van der Waals surface area contributed by atoms with Gasteiger partial charge < -0.3 is 14.9 Å². The summed E-state index contributed by atoms with van der Waals surface area (Å²) in [6.45, 7) is 12.8. The molecule has 0 aromatic carbocycles. The average molecular weight is 389 g/mol. The smallest absolute Gasteiger partial charge is 0.333 e. The first kappa shape index (κ1) is 21.3. The molecule has 1 heterocycles. The molecule has 1 fully saturated rings. The number of fused-ring (bicyclic) bond motifs is 1. The number of ether oxygens (including phenoxy) is 1. The van der Waals surface area contributed by atoms with Gasteiger partial charge in [-0.25, -0.2) is 4.79 Å². The third kappa shape index (κ3) is 3.61. The number of hydrogen-bond donors (Lipinski definition) is 2. The van der Waals surface area contributed by atoms with Crippen LogP contribution < -0.4 is 0 Å². The molecule has 0 bridgehead atoms. The predicted molar refractivity (Wildman–Crippen MR) is 110 cm³/mol.